The number of benzene rings is 1. The van der Waals surface area contributed by atoms with Gasteiger partial charge in [-0.1, -0.05) is 11.6 Å². The van der Waals surface area contributed by atoms with Crippen LogP contribution >= 0.6 is 11.6 Å². The fourth-order valence-corrected chi connectivity index (χ4v) is 1.48. The lowest BCUT2D eigenvalue weighted by molar-refractivity contribution is -0.384. The summed E-state index contributed by atoms with van der Waals surface area (Å²) in [5, 5.41) is 13.3. The summed E-state index contributed by atoms with van der Waals surface area (Å²) >= 11 is 5.84. The first-order valence-electron chi connectivity index (χ1n) is 4.87. The Morgan fingerprint density at radius 1 is 1.39 bits per heavy atom. The molecule has 0 saturated carbocycles. The van der Waals surface area contributed by atoms with Crippen LogP contribution in [0.25, 0.3) is 0 Å². The van der Waals surface area contributed by atoms with Crippen molar-refractivity contribution >= 4 is 28.9 Å². The first-order chi connectivity index (χ1) is 8.58. The van der Waals surface area contributed by atoms with Gasteiger partial charge in [-0.2, -0.15) is 0 Å². The van der Waals surface area contributed by atoms with Gasteiger partial charge < -0.3 is 9.73 Å². The van der Waals surface area contributed by atoms with Gasteiger partial charge in [0.25, 0.3) is 11.6 Å². The molecule has 0 bridgehead atoms. The number of nitrogens with zero attached hydrogens (tertiary/aromatic N) is 1. The number of non-ortho nitro benzene ring substituents is 1. The van der Waals surface area contributed by atoms with E-state index in [2.05, 4.69) is 5.32 Å². The second kappa shape index (κ2) is 4.89. The van der Waals surface area contributed by atoms with Crippen molar-refractivity contribution in [2.45, 2.75) is 0 Å². The van der Waals surface area contributed by atoms with Crippen molar-refractivity contribution in [3.63, 3.8) is 0 Å². The quantitative estimate of drug-likeness (QED) is 0.683. The predicted molar refractivity (Wildman–Crippen MR) is 64.8 cm³/mol. The molecule has 0 spiro atoms. The molecule has 7 heteroatoms. The molecule has 92 valence electrons. The summed E-state index contributed by atoms with van der Waals surface area (Å²) in [5.41, 5.74) is 0.00131. The number of carbonyl (C=O) groups excluding carboxylic acids is 1. The number of carbonyl (C=O) groups is 1. The smallest absolute Gasteiger partial charge is 0.291 e. The van der Waals surface area contributed by atoms with Crippen LogP contribution in [-0.2, 0) is 0 Å². The van der Waals surface area contributed by atoms with Crippen molar-refractivity contribution in [3.8, 4) is 0 Å². The van der Waals surface area contributed by atoms with Gasteiger partial charge in [-0.05, 0) is 18.2 Å². The molecule has 0 saturated heterocycles. The van der Waals surface area contributed by atoms with Crippen LogP contribution in [0.15, 0.2) is 41.0 Å². The maximum atomic E-state index is 11.7. The molecule has 1 N–H and O–H groups in total. The Hall–Kier alpha value is -2.34. The Morgan fingerprint density at radius 2 is 2.17 bits per heavy atom. The number of hydrogen-bond acceptors (Lipinski definition) is 4. The molecule has 2 rings (SSSR count). The van der Waals surface area contributed by atoms with Crippen molar-refractivity contribution in [2.75, 3.05) is 5.32 Å². The first-order valence-corrected chi connectivity index (χ1v) is 5.24. The third-order valence-electron chi connectivity index (χ3n) is 2.15. The Balaban J connectivity index is 2.26. The highest BCUT2D eigenvalue weighted by Crippen LogP contribution is 2.27. The van der Waals surface area contributed by atoms with Gasteiger partial charge in [-0.25, -0.2) is 0 Å². The molecule has 0 fully saturated rings. The normalized spacial score (nSPS) is 10.1. The number of hydrogen-bond donors (Lipinski definition) is 1. The number of rotatable bonds is 3. The molecular formula is C11H7ClN2O4. The molecule has 0 atom stereocenters. The van der Waals surface area contributed by atoms with E-state index in [0.29, 0.717) is 0 Å². The molecule has 6 nitrogen and oxygen atoms in total. The van der Waals surface area contributed by atoms with E-state index < -0.39 is 10.8 Å². The number of anilines is 1. The molecule has 0 aliphatic heterocycles. The summed E-state index contributed by atoms with van der Waals surface area (Å²) < 4.78 is 4.90. The number of nitrogens with one attached hydrogen (secondary N) is 1. The minimum atomic E-state index is -0.571. The van der Waals surface area contributed by atoms with Crippen LogP contribution in [0.2, 0.25) is 5.02 Å². The molecule has 0 unspecified atom stereocenters. The second-order valence-corrected chi connectivity index (χ2v) is 3.76. The van der Waals surface area contributed by atoms with Crippen molar-refractivity contribution in [1.29, 1.82) is 0 Å². The zero-order valence-corrected chi connectivity index (χ0v) is 9.68. The second-order valence-electron chi connectivity index (χ2n) is 3.35. The zero-order valence-electron chi connectivity index (χ0n) is 8.92. The van der Waals surface area contributed by atoms with Gasteiger partial charge in [-0.15, -0.1) is 0 Å². The minimum Gasteiger partial charge on any atom is -0.459 e. The Kier molecular flexibility index (Phi) is 3.29. The third-order valence-corrected chi connectivity index (χ3v) is 2.48. The van der Waals surface area contributed by atoms with E-state index in [1.165, 1.54) is 30.5 Å². The highest BCUT2D eigenvalue weighted by molar-refractivity contribution is 6.34. The maximum Gasteiger partial charge on any atom is 0.291 e. The van der Waals surface area contributed by atoms with Crippen LogP contribution in [0.4, 0.5) is 11.4 Å². The minimum absolute atomic E-state index is 0.0950. The fraction of sp³-hybridized carbons (Fsp3) is 0. The van der Waals surface area contributed by atoms with Crippen LogP contribution in [-0.4, -0.2) is 10.8 Å². The monoisotopic (exact) mass is 266 g/mol. The highest BCUT2D eigenvalue weighted by Gasteiger charge is 2.14. The van der Waals surface area contributed by atoms with Crippen LogP contribution in [0.3, 0.4) is 0 Å². The van der Waals surface area contributed by atoms with E-state index >= 15 is 0 Å². The SMILES string of the molecule is O=C(Nc1cc([N+](=O)[O-])ccc1Cl)c1ccco1. The lowest BCUT2D eigenvalue weighted by atomic mass is 10.2. The van der Waals surface area contributed by atoms with Gasteiger partial charge in [0.1, 0.15) is 0 Å². The largest absolute Gasteiger partial charge is 0.459 e. The van der Waals surface area contributed by atoms with E-state index in [4.69, 9.17) is 16.0 Å². The van der Waals surface area contributed by atoms with Crippen molar-refractivity contribution in [3.05, 3.63) is 57.5 Å². The summed E-state index contributed by atoms with van der Waals surface area (Å²) in [5.74, 6) is -0.431. The average molecular weight is 267 g/mol. The standard InChI is InChI=1S/C11H7ClN2O4/c12-8-4-3-7(14(16)17)6-9(8)13-11(15)10-2-1-5-18-10/h1-6H,(H,13,15). The molecule has 1 heterocycles. The summed E-state index contributed by atoms with van der Waals surface area (Å²) in [6, 6.07) is 6.82. The van der Waals surface area contributed by atoms with E-state index in [9.17, 15) is 14.9 Å². The zero-order chi connectivity index (χ0) is 13.1. The lowest BCUT2D eigenvalue weighted by Crippen LogP contribution is -2.11. The predicted octanol–water partition coefficient (Wildman–Crippen LogP) is 3.09. The van der Waals surface area contributed by atoms with Crippen LogP contribution in [0, 0.1) is 10.1 Å². The highest BCUT2D eigenvalue weighted by atomic mass is 35.5. The van der Waals surface area contributed by atoms with E-state index in [-0.39, 0.29) is 22.2 Å². The van der Waals surface area contributed by atoms with Crippen LogP contribution < -0.4 is 5.32 Å². The lowest BCUT2D eigenvalue weighted by Gasteiger charge is -2.05. The number of amides is 1. The van der Waals surface area contributed by atoms with Gasteiger partial charge in [-0.3, -0.25) is 14.9 Å². The van der Waals surface area contributed by atoms with E-state index in [1.807, 2.05) is 0 Å². The molecule has 18 heavy (non-hydrogen) atoms. The van der Waals surface area contributed by atoms with E-state index in [1.54, 1.807) is 6.07 Å². The summed E-state index contributed by atoms with van der Waals surface area (Å²) in [4.78, 5) is 21.7. The van der Waals surface area contributed by atoms with Gasteiger partial charge >= 0.3 is 0 Å². The Morgan fingerprint density at radius 3 is 2.78 bits per heavy atom. The van der Waals surface area contributed by atoms with Gasteiger partial charge in [0.2, 0.25) is 0 Å². The summed E-state index contributed by atoms with van der Waals surface area (Å²) in [6.45, 7) is 0. The van der Waals surface area contributed by atoms with Crippen molar-refractivity contribution in [2.24, 2.45) is 0 Å². The molecule has 2 aromatic rings. The fourth-order valence-electron chi connectivity index (χ4n) is 1.31. The van der Waals surface area contributed by atoms with Crippen LogP contribution in [0.1, 0.15) is 10.6 Å². The molecule has 0 aliphatic carbocycles. The molecule has 1 aromatic heterocycles. The third kappa shape index (κ3) is 2.49. The van der Waals surface area contributed by atoms with Crippen LogP contribution in [0.5, 0.6) is 0 Å². The first kappa shape index (κ1) is 12.1. The Bertz CT molecular complexity index is 595. The van der Waals surface area contributed by atoms with Gasteiger partial charge in [0, 0.05) is 12.1 Å². The number of furan rings is 1. The number of halogens is 1. The van der Waals surface area contributed by atoms with Gasteiger partial charge in [0.05, 0.1) is 21.9 Å². The molecule has 0 radical (unpaired) electrons. The number of nitro benzene ring substituents is 1. The number of nitro groups is 1. The Labute approximate surface area is 106 Å². The van der Waals surface area contributed by atoms with Crippen molar-refractivity contribution < 1.29 is 14.1 Å². The molecular weight excluding hydrogens is 260 g/mol. The summed E-state index contributed by atoms with van der Waals surface area (Å²) in [6.07, 6.45) is 1.35. The topological polar surface area (TPSA) is 85.4 Å². The molecule has 0 aliphatic rings. The average Bonchev–Trinajstić information content (AvgIpc) is 2.85. The summed E-state index contributed by atoms with van der Waals surface area (Å²) in [7, 11) is 0. The van der Waals surface area contributed by atoms with Crippen molar-refractivity contribution in [1.82, 2.24) is 0 Å². The molecule has 1 amide bonds. The maximum absolute atomic E-state index is 11.7. The molecule has 1 aromatic carbocycles. The van der Waals surface area contributed by atoms with E-state index in [0.717, 1.165) is 0 Å². The van der Waals surface area contributed by atoms with Gasteiger partial charge in [0.15, 0.2) is 5.76 Å².